The maximum Gasteiger partial charge on any atom is 0.226 e. The summed E-state index contributed by atoms with van der Waals surface area (Å²) in [7, 11) is 0. The number of carboxylic acid groups (broad SMARTS) is 1. The van der Waals surface area contributed by atoms with E-state index in [1.165, 1.54) is 11.3 Å². The third kappa shape index (κ3) is 5.67. The Hall–Kier alpha value is -2.21. The molecule has 1 heterocycles. The molecule has 1 N–H and O–H groups in total. The first kappa shape index (κ1) is 19.1. The average molecular weight is 359 g/mol. The second-order valence-corrected chi connectivity index (χ2v) is 7.55. The molecule has 1 aromatic heterocycles. The highest BCUT2D eigenvalue weighted by atomic mass is 32.1. The number of aromatic nitrogens is 1. The molecule has 2 rings (SSSR count). The summed E-state index contributed by atoms with van der Waals surface area (Å²) in [6.45, 7) is 5.70. The molecule has 5 nitrogen and oxygen atoms in total. The second-order valence-electron chi connectivity index (χ2n) is 6.69. The maximum atomic E-state index is 12.2. The van der Waals surface area contributed by atoms with Crippen LogP contribution in [0, 0.1) is 17.8 Å². The molecule has 0 aliphatic rings. The normalized spacial score (nSPS) is 13.4. The van der Waals surface area contributed by atoms with Gasteiger partial charge >= 0.3 is 0 Å². The summed E-state index contributed by atoms with van der Waals surface area (Å²) in [4.78, 5) is 28.0. The van der Waals surface area contributed by atoms with Gasteiger partial charge in [-0.05, 0) is 18.3 Å². The van der Waals surface area contributed by atoms with Crippen LogP contribution in [-0.4, -0.2) is 16.9 Å². The SMILES string of the molecule is CC(C)C[C@H](C(=O)[O-])[C@@H](C)CC(=O)Nc1nc(-c2ccccc2)cs1. The van der Waals surface area contributed by atoms with Crippen LogP contribution in [0.5, 0.6) is 0 Å². The van der Waals surface area contributed by atoms with E-state index in [1.807, 2.05) is 49.6 Å². The Labute approximate surface area is 152 Å². The first-order valence-electron chi connectivity index (χ1n) is 8.38. The van der Waals surface area contributed by atoms with Crippen LogP contribution in [0.4, 0.5) is 5.13 Å². The van der Waals surface area contributed by atoms with Crippen LogP contribution in [0.1, 0.15) is 33.6 Å². The summed E-state index contributed by atoms with van der Waals surface area (Å²) in [5, 5.41) is 16.5. The van der Waals surface area contributed by atoms with Gasteiger partial charge in [-0.1, -0.05) is 51.1 Å². The van der Waals surface area contributed by atoms with Crippen LogP contribution in [0.15, 0.2) is 35.7 Å². The number of carbonyl (C=O) groups excluding carboxylic acids is 2. The number of hydrogen-bond acceptors (Lipinski definition) is 5. The molecule has 0 aliphatic carbocycles. The molecule has 0 bridgehead atoms. The van der Waals surface area contributed by atoms with Crippen molar-refractivity contribution in [2.75, 3.05) is 5.32 Å². The third-order valence-electron chi connectivity index (χ3n) is 4.04. The second kappa shape index (κ2) is 8.76. The summed E-state index contributed by atoms with van der Waals surface area (Å²) in [5.41, 5.74) is 1.79. The van der Waals surface area contributed by atoms with Crippen molar-refractivity contribution in [3.8, 4) is 11.3 Å². The zero-order chi connectivity index (χ0) is 18.4. The van der Waals surface area contributed by atoms with E-state index >= 15 is 0 Å². The van der Waals surface area contributed by atoms with Gasteiger partial charge in [0.25, 0.3) is 0 Å². The Bertz CT molecular complexity index is 712. The predicted octanol–water partition coefficient (Wildman–Crippen LogP) is 3.19. The molecule has 0 saturated heterocycles. The number of thiazole rings is 1. The zero-order valence-corrected chi connectivity index (χ0v) is 15.5. The molecule has 134 valence electrons. The average Bonchev–Trinajstić information content (AvgIpc) is 3.01. The molecular weight excluding hydrogens is 336 g/mol. The molecule has 0 spiro atoms. The van der Waals surface area contributed by atoms with Crippen molar-refractivity contribution in [2.24, 2.45) is 17.8 Å². The van der Waals surface area contributed by atoms with Crippen LogP contribution >= 0.6 is 11.3 Å². The van der Waals surface area contributed by atoms with Crippen LogP contribution in [-0.2, 0) is 9.59 Å². The van der Waals surface area contributed by atoms with Crippen molar-refractivity contribution in [1.29, 1.82) is 0 Å². The lowest BCUT2D eigenvalue weighted by Gasteiger charge is -2.26. The van der Waals surface area contributed by atoms with Gasteiger partial charge in [0.2, 0.25) is 5.91 Å². The number of nitrogens with zero attached hydrogens (tertiary/aromatic N) is 1. The van der Waals surface area contributed by atoms with Crippen LogP contribution in [0.25, 0.3) is 11.3 Å². The lowest BCUT2D eigenvalue weighted by atomic mass is 9.84. The van der Waals surface area contributed by atoms with Gasteiger partial charge in [0.05, 0.1) is 5.69 Å². The molecule has 6 heteroatoms. The highest BCUT2D eigenvalue weighted by molar-refractivity contribution is 7.14. The Balaban J connectivity index is 1.96. The lowest BCUT2D eigenvalue weighted by molar-refractivity contribution is -0.313. The Morgan fingerprint density at radius 2 is 1.88 bits per heavy atom. The number of carbonyl (C=O) groups is 2. The van der Waals surface area contributed by atoms with Crippen molar-refractivity contribution < 1.29 is 14.7 Å². The number of benzene rings is 1. The van der Waals surface area contributed by atoms with Crippen molar-refractivity contribution >= 4 is 28.3 Å². The van der Waals surface area contributed by atoms with Gasteiger partial charge in [-0.2, -0.15) is 0 Å². The van der Waals surface area contributed by atoms with Gasteiger partial charge in [0, 0.05) is 29.3 Å². The largest absolute Gasteiger partial charge is 0.550 e. The smallest absolute Gasteiger partial charge is 0.226 e. The minimum Gasteiger partial charge on any atom is -0.550 e. The summed E-state index contributed by atoms with van der Waals surface area (Å²) < 4.78 is 0. The minimum atomic E-state index is -1.09. The molecular formula is C19H23N2O3S-. The highest BCUT2D eigenvalue weighted by Crippen LogP contribution is 2.26. The Morgan fingerprint density at radius 1 is 1.20 bits per heavy atom. The van der Waals surface area contributed by atoms with Crippen LogP contribution in [0.3, 0.4) is 0 Å². The zero-order valence-electron chi connectivity index (χ0n) is 14.7. The monoisotopic (exact) mass is 359 g/mol. The number of carboxylic acids is 1. The maximum absolute atomic E-state index is 12.2. The molecule has 2 aromatic rings. The number of rotatable bonds is 8. The molecule has 1 amide bonds. The first-order valence-corrected chi connectivity index (χ1v) is 9.26. The molecule has 0 unspecified atom stereocenters. The van der Waals surface area contributed by atoms with E-state index in [0.717, 1.165) is 11.3 Å². The highest BCUT2D eigenvalue weighted by Gasteiger charge is 2.22. The Kier molecular flexibility index (Phi) is 6.70. The number of anilines is 1. The van der Waals surface area contributed by atoms with Gasteiger partial charge < -0.3 is 15.2 Å². The number of aliphatic carboxylic acids is 1. The van der Waals surface area contributed by atoms with Crippen molar-refractivity contribution in [1.82, 2.24) is 4.98 Å². The number of nitrogens with one attached hydrogen (secondary N) is 1. The van der Waals surface area contributed by atoms with Gasteiger partial charge in [0.15, 0.2) is 5.13 Å². The van der Waals surface area contributed by atoms with Crippen molar-refractivity contribution in [2.45, 2.75) is 33.6 Å². The Morgan fingerprint density at radius 3 is 2.48 bits per heavy atom. The van der Waals surface area contributed by atoms with Gasteiger partial charge in [-0.15, -0.1) is 11.3 Å². The quantitative estimate of drug-likeness (QED) is 0.785. The summed E-state index contributed by atoms with van der Waals surface area (Å²) in [6.07, 6.45) is 0.637. The van der Waals surface area contributed by atoms with Gasteiger partial charge in [-0.3, -0.25) is 4.79 Å². The summed E-state index contributed by atoms with van der Waals surface area (Å²) >= 11 is 1.35. The van der Waals surface area contributed by atoms with E-state index in [1.54, 1.807) is 6.92 Å². The fourth-order valence-electron chi connectivity index (χ4n) is 2.75. The minimum absolute atomic E-state index is 0.131. The van der Waals surface area contributed by atoms with E-state index in [0.29, 0.717) is 11.6 Å². The number of amides is 1. The van der Waals surface area contributed by atoms with E-state index in [9.17, 15) is 14.7 Å². The third-order valence-corrected chi connectivity index (χ3v) is 4.80. The molecule has 0 saturated carbocycles. The van der Waals surface area contributed by atoms with E-state index in [-0.39, 0.29) is 24.2 Å². The molecule has 0 radical (unpaired) electrons. The molecule has 0 fully saturated rings. The molecule has 1 aromatic carbocycles. The molecule has 25 heavy (non-hydrogen) atoms. The van der Waals surface area contributed by atoms with Gasteiger partial charge in [-0.25, -0.2) is 4.98 Å². The van der Waals surface area contributed by atoms with E-state index in [2.05, 4.69) is 10.3 Å². The topological polar surface area (TPSA) is 82.1 Å². The van der Waals surface area contributed by atoms with Crippen molar-refractivity contribution in [3.63, 3.8) is 0 Å². The lowest BCUT2D eigenvalue weighted by Crippen LogP contribution is -2.37. The fraction of sp³-hybridized carbons (Fsp3) is 0.421. The van der Waals surface area contributed by atoms with Crippen molar-refractivity contribution in [3.05, 3.63) is 35.7 Å². The summed E-state index contributed by atoms with van der Waals surface area (Å²) in [6, 6.07) is 9.72. The molecule has 2 atom stereocenters. The van der Waals surface area contributed by atoms with Crippen LogP contribution < -0.4 is 10.4 Å². The standard InChI is InChI=1S/C19H24N2O3S/c1-12(2)9-15(18(23)24)13(3)10-17(22)21-19-20-16(11-25-19)14-7-5-4-6-8-14/h4-8,11-13,15H,9-10H2,1-3H3,(H,23,24)(H,20,21,22)/p-1/t13-,15-/m0/s1. The van der Waals surface area contributed by atoms with E-state index < -0.39 is 11.9 Å². The number of hydrogen-bond donors (Lipinski definition) is 1. The van der Waals surface area contributed by atoms with Crippen LogP contribution in [0.2, 0.25) is 0 Å². The molecule has 0 aliphatic heterocycles. The first-order chi connectivity index (χ1) is 11.9. The fourth-order valence-corrected chi connectivity index (χ4v) is 3.48. The predicted molar refractivity (Wildman–Crippen MR) is 97.9 cm³/mol. The summed E-state index contributed by atoms with van der Waals surface area (Å²) in [5.74, 6) is -1.99. The van der Waals surface area contributed by atoms with E-state index in [4.69, 9.17) is 0 Å². The van der Waals surface area contributed by atoms with Gasteiger partial charge in [0.1, 0.15) is 0 Å².